The van der Waals surface area contributed by atoms with Crippen molar-refractivity contribution in [2.75, 3.05) is 5.32 Å². The zero-order valence-electron chi connectivity index (χ0n) is 15.1. The van der Waals surface area contributed by atoms with E-state index >= 15 is 0 Å². The number of hydrogen-bond donors (Lipinski definition) is 1. The van der Waals surface area contributed by atoms with E-state index in [4.69, 9.17) is 11.6 Å². The van der Waals surface area contributed by atoms with Gasteiger partial charge in [-0.25, -0.2) is 9.38 Å². The number of allylic oxidation sites excluding steroid dienone is 1. The average Bonchev–Trinajstić information content (AvgIpc) is 3.01. The van der Waals surface area contributed by atoms with Crippen LogP contribution in [-0.2, 0) is 6.18 Å². The van der Waals surface area contributed by atoms with Crippen molar-refractivity contribution < 1.29 is 62.0 Å². The lowest BCUT2D eigenvalue weighted by atomic mass is 9.97. The average molecular weight is 560 g/mol. The van der Waals surface area contributed by atoms with Crippen LogP contribution < -0.4 is 5.32 Å². The number of aliphatic imine (C=N–C) groups is 1. The fourth-order valence-corrected chi connectivity index (χ4v) is 3.88. The lowest BCUT2D eigenvalue weighted by Gasteiger charge is -2.31. The van der Waals surface area contributed by atoms with Crippen LogP contribution in [0, 0.1) is 10.1 Å². The molecule has 1 N–H and O–H groups in total. The highest BCUT2D eigenvalue weighted by atomic mass is 35.5. The summed E-state index contributed by atoms with van der Waals surface area (Å²) < 4.78 is 171. The number of benzene rings is 1. The van der Waals surface area contributed by atoms with Gasteiger partial charge in [0.25, 0.3) is 11.2 Å². The van der Waals surface area contributed by atoms with Gasteiger partial charge in [-0.15, -0.1) is 0 Å². The van der Waals surface area contributed by atoms with Gasteiger partial charge in [-0.1, -0.05) is 23.4 Å². The van der Waals surface area contributed by atoms with Gasteiger partial charge >= 0.3 is 24.7 Å². The number of alkyl halides is 12. The standard InChI is InChI=1S/C14H3ClF13N3O2S/c15-4-1-3(11(17,18)19)2-5(31(32)33)6(4)29-9-30-10(13(23,24)25,14(26,27)28)8(34-9)7(16)12(20,21)22/h1-2H,(H,29,30). The molecule has 1 aliphatic heterocycles. The van der Waals surface area contributed by atoms with E-state index in [1.165, 1.54) is 5.32 Å². The van der Waals surface area contributed by atoms with Crippen LogP contribution in [0.1, 0.15) is 5.56 Å². The first-order valence-corrected chi connectivity index (χ1v) is 8.94. The highest BCUT2D eigenvalue weighted by molar-refractivity contribution is 8.17. The Kier molecular flexibility index (Phi) is 6.83. The van der Waals surface area contributed by atoms with Crippen LogP contribution in [0.2, 0.25) is 5.02 Å². The SMILES string of the molecule is O=[N+]([O-])c1cc(C(F)(F)F)cc(Cl)c1NC1=NC(C(F)(F)F)(C(F)(F)F)C(=C(F)C(F)(F)F)S1. The van der Waals surface area contributed by atoms with Gasteiger partial charge in [0.1, 0.15) is 5.69 Å². The number of nitro groups is 1. The summed E-state index contributed by atoms with van der Waals surface area (Å²) in [5.74, 6) is -3.82. The summed E-state index contributed by atoms with van der Waals surface area (Å²) in [5, 5.41) is 9.37. The molecule has 0 radical (unpaired) electrons. The molecule has 5 nitrogen and oxygen atoms in total. The van der Waals surface area contributed by atoms with Gasteiger partial charge in [-0.2, -0.15) is 52.7 Å². The Morgan fingerprint density at radius 1 is 1.00 bits per heavy atom. The van der Waals surface area contributed by atoms with Crippen LogP contribution in [0.3, 0.4) is 0 Å². The Morgan fingerprint density at radius 3 is 1.88 bits per heavy atom. The van der Waals surface area contributed by atoms with Gasteiger partial charge in [0, 0.05) is 6.07 Å². The molecule has 0 saturated carbocycles. The van der Waals surface area contributed by atoms with Gasteiger partial charge in [-0.05, 0) is 6.07 Å². The summed E-state index contributed by atoms with van der Waals surface area (Å²) in [6, 6.07) is -0.215. The smallest absolute Gasteiger partial charge is 0.328 e. The third-order valence-electron chi connectivity index (χ3n) is 3.89. The second-order valence-electron chi connectivity index (χ2n) is 6.10. The van der Waals surface area contributed by atoms with Crippen molar-refractivity contribution >= 4 is 39.9 Å². The van der Waals surface area contributed by atoms with Gasteiger partial charge in [-0.3, -0.25) is 10.1 Å². The van der Waals surface area contributed by atoms with Gasteiger partial charge in [0.05, 0.1) is 20.4 Å². The Bertz CT molecular complexity index is 1060. The molecule has 190 valence electrons. The summed E-state index contributed by atoms with van der Waals surface area (Å²) in [4.78, 5) is 8.60. The molecule has 20 heteroatoms. The number of hydrogen-bond acceptors (Lipinski definition) is 5. The second-order valence-corrected chi connectivity index (χ2v) is 7.50. The van der Waals surface area contributed by atoms with Gasteiger partial charge in [0.2, 0.25) is 5.83 Å². The molecule has 0 aliphatic carbocycles. The monoisotopic (exact) mass is 559 g/mol. The van der Waals surface area contributed by atoms with E-state index in [0.29, 0.717) is 0 Å². The maximum Gasteiger partial charge on any atom is 0.443 e. The number of halogens is 14. The summed E-state index contributed by atoms with van der Waals surface area (Å²) in [6.07, 6.45) is -25.0. The Morgan fingerprint density at radius 2 is 1.50 bits per heavy atom. The molecule has 1 heterocycles. The van der Waals surface area contributed by atoms with Crippen molar-refractivity contribution in [2.24, 2.45) is 4.99 Å². The highest BCUT2D eigenvalue weighted by Gasteiger charge is 2.77. The quantitative estimate of drug-likeness (QED) is 0.233. The van der Waals surface area contributed by atoms with Crippen molar-refractivity contribution in [3.8, 4) is 0 Å². The maximum absolute atomic E-state index is 13.7. The van der Waals surface area contributed by atoms with Crippen LogP contribution in [0.5, 0.6) is 0 Å². The van der Waals surface area contributed by atoms with Crippen LogP contribution in [-0.4, -0.2) is 34.2 Å². The molecule has 0 unspecified atom stereocenters. The number of anilines is 1. The third-order valence-corrected chi connectivity index (χ3v) is 5.25. The largest absolute Gasteiger partial charge is 0.443 e. The molecule has 34 heavy (non-hydrogen) atoms. The number of nitrogens with one attached hydrogen (secondary N) is 1. The van der Waals surface area contributed by atoms with Gasteiger partial charge < -0.3 is 5.32 Å². The predicted molar refractivity (Wildman–Crippen MR) is 90.8 cm³/mol. The number of thioether (sulfide) groups is 1. The van der Waals surface area contributed by atoms with Gasteiger partial charge in [0.15, 0.2) is 5.17 Å². The summed E-state index contributed by atoms with van der Waals surface area (Å²) in [7, 11) is 0. The third kappa shape index (κ3) is 4.84. The Labute approximate surface area is 186 Å². The molecule has 0 atom stereocenters. The first-order chi connectivity index (χ1) is 15.0. The van der Waals surface area contributed by atoms with Crippen LogP contribution >= 0.6 is 23.4 Å². The molecule has 2 rings (SSSR count). The molecule has 1 aromatic rings. The maximum atomic E-state index is 13.7. The van der Waals surface area contributed by atoms with E-state index in [2.05, 4.69) is 4.99 Å². The molecular formula is C14H3ClF13N3O2S. The number of amidine groups is 1. The molecule has 0 spiro atoms. The van der Waals surface area contributed by atoms with E-state index in [1.54, 1.807) is 0 Å². The topological polar surface area (TPSA) is 67.5 Å². The minimum Gasteiger partial charge on any atom is -0.328 e. The molecule has 1 aromatic carbocycles. The van der Waals surface area contributed by atoms with E-state index in [-0.39, 0.29) is 12.1 Å². The zero-order valence-corrected chi connectivity index (χ0v) is 16.6. The van der Waals surface area contributed by atoms with E-state index in [0.717, 1.165) is 0 Å². The minimum atomic E-state index is -6.71. The van der Waals surface area contributed by atoms with Crippen molar-refractivity contribution in [2.45, 2.75) is 30.2 Å². The number of nitrogens with zero attached hydrogens (tertiary/aromatic N) is 2. The van der Waals surface area contributed by atoms with E-state index in [1.807, 2.05) is 0 Å². The Hall–Kier alpha value is -2.44. The molecular weight excluding hydrogens is 557 g/mol. The minimum absolute atomic E-state index is 0.00904. The van der Waals surface area contributed by atoms with Crippen molar-refractivity contribution in [1.82, 2.24) is 0 Å². The summed E-state index contributed by atoms with van der Waals surface area (Å²) in [5.41, 5.74) is -10.5. The van der Waals surface area contributed by atoms with Crippen molar-refractivity contribution in [1.29, 1.82) is 0 Å². The molecule has 1 aliphatic rings. The second kappa shape index (κ2) is 8.35. The van der Waals surface area contributed by atoms with Crippen LogP contribution in [0.15, 0.2) is 27.9 Å². The van der Waals surface area contributed by atoms with Crippen LogP contribution in [0.4, 0.5) is 68.5 Å². The zero-order chi connectivity index (χ0) is 26.7. The lowest BCUT2D eigenvalue weighted by Crippen LogP contribution is -2.55. The number of nitro benzene ring substituents is 1. The summed E-state index contributed by atoms with van der Waals surface area (Å²) >= 11 is 4.26. The van der Waals surface area contributed by atoms with Crippen LogP contribution in [0.25, 0.3) is 0 Å². The fourth-order valence-electron chi connectivity index (χ4n) is 2.46. The molecule has 0 bridgehead atoms. The van der Waals surface area contributed by atoms with Crippen molar-refractivity contribution in [3.63, 3.8) is 0 Å². The first kappa shape index (κ1) is 27.8. The van der Waals surface area contributed by atoms with Crippen molar-refractivity contribution in [3.05, 3.63) is 43.6 Å². The molecule has 0 saturated heterocycles. The predicted octanol–water partition coefficient (Wildman–Crippen LogP) is 7.39. The Balaban J connectivity index is 2.79. The highest BCUT2D eigenvalue weighted by Crippen LogP contribution is 2.60. The molecule has 0 amide bonds. The molecule has 0 aromatic heterocycles. The summed E-state index contributed by atoms with van der Waals surface area (Å²) in [6.45, 7) is 0. The normalized spacial score (nSPS) is 18.6. The first-order valence-electron chi connectivity index (χ1n) is 7.74. The number of rotatable bonds is 2. The lowest BCUT2D eigenvalue weighted by molar-refractivity contribution is -0.384. The van der Waals surface area contributed by atoms with E-state index < -0.39 is 84.8 Å². The fraction of sp³-hybridized carbons (Fsp3) is 0.357. The van der Waals surface area contributed by atoms with E-state index in [9.17, 15) is 67.2 Å². The molecule has 0 fully saturated rings.